The molecule has 0 radical (unpaired) electrons. The van der Waals surface area contributed by atoms with Crippen LogP contribution in [0.15, 0.2) is 18.2 Å². The third kappa shape index (κ3) is 4.16. The van der Waals surface area contributed by atoms with Gasteiger partial charge in [-0.05, 0) is 29.9 Å². The molecule has 0 bridgehead atoms. The van der Waals surface area contributed by atoms with Crippen LogP contribution in [0.5, 0.6) is 0 Å². The van der Waals surface area contributed by atoms with Gasteiger partial charge in [0.25, 0.3) is 0 Å². The molecule has 0 unspecified atom stereocenters. The molecule has 1 aliphatic rings. The Bertz CT molecular complexity index is 471. The highest BCUT2D eigenvalue weighted by Gasteiger charge is 2.14. The Morgan fingerprint density at radius 1 is 1.35 bits per heavy atom. The predicted octanol–water partition coefficient (Wildman–Crippen LogP) is 3.00. The summed E-state index contributed by atoms with van der Waals surface area (Å²) >= 11 is 2.01. The monoisotopic (exact) mass is 289 g/mol. The van der Waals surface area contributed by atoms with E-state index in [2.05, 4.69) is 42.3 Å². The van der Waals surface area contributed by atoms with Crippen molar-refractivity contribution in [1.29, 1.82) is 5.26 Å². The van der Waals surface area contributed by atoms with Gasteiger partial charge in [-0.25, -0.2) is 0 Å². The Balaban J connectivity index is 2.14. The number of anilines is 1. The molecule has 1 aromatic rings. The van der Waals surface area contributed by atoms with Gasteiger partial charge in [0.15, 0.2) is 0 Å². The minimum atomic E-state index is 0.461. The summed E-state index contributed by atoms with van der Waals surface area (Å²) in [6.45, 7) is 7.19. The van der Waals surface area contributed by atoms with Crippen LogP contribution < -0.4 is 10.2 Å². The Labute approximate surface area is 126 Å². The second-order valence-electron chi connectivity index (χ2n) is 5.45. The zero-order valence-electron chi connectivity index (χ0n) is 12.4. The first kappa shape index (κ1) is 15.2. The lowest BCUT2D eigenvalue weighted by atomic mass is 10.1. The van der Waals surface area contributed by atoms with Crippen molar-refractivity contribution in [3.8, 4) is 6.07 Å². The van der Waals surface area contributed by atoms with Gasteiger partial charge in [0.1, 0.15) is 6.07 Å². The first-order valence-corrected chi connectivity index (χ1v) is 8.45. The Morgan fingerprint density at radius 2 is 2.20 bits per heavy atom. The summed E-state index contributed by atoms with van der Waals surface area (Å²) in [4.78, 5) is 2.36. The van der Waals surface area contributed by atoms with Gasteiger partial charge >= 0.3 is 0 Å². The SMILES string of the molecule is CC(C)NCc1ccc(N2CCCSCC2)c(C#N)c1. The summed E-state index contributed by atoms with van der Waals surface area (Å²) in [5.41, 5.74) is 3.09. The summed E-state index contributed by atoms with van der Waals surface area (Å²) < 4.78 is 0. The van der Waals surface area contributed by atoms with E-state index in [4.69, 9.17) is 0 Å². The van der Waals surface area contributed by atoms with Crippen molar-refractivity contribution in [1.82, 2.24) is 5.32 Å². The molecule has 1 saturated heterocycles. The molecule has 1 heterocycles. The lowest BCUT2D eigenvalue weighted by Gasteiger charge is -2.24. The number of thioether (sulfide) groups is 1. The van der Waals surface area contributed by atoms with Gasteiger partial charge in [0.2, 0.25) is 0 Å². The largest absolute Gasteiger partial charge is 0.370 e. The number of nitrogens with zero attached hydrogens (tertiary/aromatic N) is 2. The van der Waals surface area contributed by atoms with Crippen LogP contribution in [0, 0.1) is 11.3 Å². The molecule has 108 valence electrons. The summed E-state index contributed by atoms with van der Waals surface area (Å²) in [5, 5.41) is 12.8. The number of benzene rings is 1. The highest BCUT2D eigenvalue weighted by atomic mass is 32.2. The van der Waals surface area contributed by atoms with Crippen LogP contribution in [-0.2, 0) is 6.54 Å². The van der Waals surface area contributed by atoms with E-state index in [1.54, 1.807) is 0 Å². The predicted molar refractivity (Wildman–Crippen MR) is 87.3 cm³/mol. The van der Waals surface area contributed by atoms with E-state index in [0.717, 1.165) is 36.6 Å². The van der Waals surface area contributed by atoms with Gasteiger partial charge in [0, 0.05) is 31.4 Å². The highest BCUT2D eigenvalue weighted by Crippen LogP contribution is 2.24. The maximum atomic E-state index is 9.42. The topological polar surface area (TPSA) is 39.1 Å². The lowest BCUT2D eigenvalue weighted by molar-refractivity contribution is 0.589. The van der Waals surface area contributed by atoms with E-state index in [0.29, 0.717) is 6.04 Å². The lowest BCUT2D eigenvalue weighted by Crippen LogP contribution is -2.26. The van der Waals surface area contributed by atoms with Crippen molar-refractivity contribution in [2.24, 2.45) is 0 Å². The van der Waals surface area contributed by atoms with Crippen LogP contribution in [0.1, 0.15) is 31.4 Å². The Morgan fingerprint density at radius 3 is 2.95 bits per heavy atom. The molecule has 4 heteroatoms. The van der Waals surface area contributed by atoms with Crippen molar-refractivity contribution in [2.45, 2.75) is 32.9 Å². The van der Waals surface area contributed by atoms with E-state index in [-0.39, 0.29) is 0 Å². The van der Waals surface area contributed by atoms with Crippen LogP contribution in [0.25, 0.3) is 0 Å². The molecular weight excluding hydrogens is 266 g/mol. The summed E-state index contributed by atoms with van der Waals surface area (Å²) in [6.07, 6.45) is 1.20. The highest BCUT2D eigenvalue weighted by molar-refractivity contribution is 7.99. The van der Waals surface area contributed by atoms with Gasteiger partial charge in [-0.15, -0.1) is 0 Å². The first-order valence-electron chi connectivity index (χ1n) is 7.30. The second kappa shape index (κ2) is 7.56. The molecule has 0 aliphatic carbocycles. The van der Waals surface area contributed by atoms with Gasteiger partial charge in [-0.3, -0.25) is 0 Å². The van der Waals surface area contributed by atoms with Crippen LogP contribution in [-0.4, -0.2) is 30.6 Å². The normalized spacial score (nSPS) is 16.0. The van der Waals surface area contributed by atoms with Crippen LogP contribution >= 0.6 is 11.8 Å². The van der Waals surface area contributed by atoms with Gasteiger partial charge < -0.3 is 10.2 Å². The maximum absolute atomic E-state index is 9.42. The number of hydrogen-bond donors (Lipinski definition) is 1. The van der Waals surface area contributed by atoms with Crippen molar-refractivity contribution < 1.29 is 0 Å². The zero-order chi connectivity index (χ0) is 14.4. The molecule has 3 nitrogen and oxygen atoms in total. The van der Waals surface area contributed by atoms with Gasteiger partial charge in [0.05, 0.1) is 11.3 Å². The third-order valence-corrected chi connectivity index (χ3v) is 4.51. The minimum Gasteiger partial charge on any atom is -0.370 e. The standard InChI is InChI=1S/C16H23N3S/c1-13(2)18-12-14-4-5-16(15(10-14)11-17)19-6-3-8-20-9-7-19/h4-5,10,13,18H,3,6-9,12H2,1-2H3. The van der Waals surface area contributed by atoms with Crippen molar-refractivity contribution in [3.05, 3.63) is 29.3 Å². The fraction of sp³-hybridized carbons (Fsp3) is 0.562. The van der Waals surface area contributed by atoms with Crippen molar-refractivity contribution in [3.63, 3.8) is 0 Å². The van der Waals surface area contributed by atoms with Crippen molar-refractivity contribution in [2.75, 3.05) is 29.5 Å². The third-order valence-electron chi connectivity index (χ3n) is 3.46. The molecule has 1 aliphatic heterocycles. The van der Waals surface area contributed by atoms with E-state index < -0.39 is 0 Å². The minimum absolute atomic E-state index is 0.461. The molecule has 0 saturated carbocycles. The van der Waals surface area contributed by atoms with Crippen molar-refractivity contribution >= 4 is 17.4 Å². The molecule has 0 aromatic heterocycles. The molecule has 0 spiro atoms. The summed E-state index contributed by atoms with van der Waals surface area (Å²) in [5.74, 6) is 2.39. The smallest absolute Gasteiger partial charge is 0.101 e. The molecular formula is C16H23N3S. The quantitative estimate of drug-likeness (QED) is 0.925. The molecule has 0 amide bonds. The maximum Gasteiger partial charge on any atom is 0.101 e. The molecule has 2 rings (SSSR count). The van der Waals surface area contributed by atoms with Crippen LogP contribution in [0.2, 0.25) is 0 Å². The molecule has 1 N–H and O–H groups in total. The van der Waals surface area contributed by atoms with E-state index in [9.17, 15) is 5.26 Å². The number of hydrogen-bond acceptors (Lipinski definition) is 4. The molecule has 1 fully saturated rings. The summed E-state index contributed by atoms with van der Waals surface area (Å²) in [7, 11) is 0. The Hall–Kier alpha value is -1.18. The fourth-order valence-corrected chi connectivity index (χ4v) is 3.25. The molecule has 0 atom stereocenters. The average Bonchev–Trinajstić information content (AvgIpc) is 2.73. The first-order chi connectivity index (χ1) is 9.70. The molecule has 1 aromatic carbocycles. The van der Waals surface area contributed by atoms with Crippen LogP contribution in [0.4, 0.5) is 5.69 Å². The number of nitriles is 1. The Kier molecular flexibility index (Phi) is 5.75. The number of nitrogens with one attached hydrogen (secondary N) is 1. The molecule has 20 heavy (non-hydrogen) atoms. The fourth-order valence-electron chi connectivity index (χ4n) is 2.37. The second-order valence-corrected chi connectivity index (χ2v) is 6.68. The van der Waals surface area contributed by atoms with Crippen LogP contribution in [0.3, 0.4) is 0 Å². The van der Waals surface area contributed by atoms with Gasteiger partial charge in [-0.2, -0.15) is 17.0 Å². The average molecular weight is 289 g/mol. The summed E-state index contributed by atoms with van der Waals surface area (Å²) in [6, 6.07) is 9.12. The van der Waals surface area contributed by atoms with E-state index >= 15 is 0 Å². The number of rotatable bonds is 4. The van der Waals surface area contributed by atoms with Gasteiger partial charge in [-0.1, -0.05) is 19.9 Å². The van der Waals surface area contributed by atoms with E-state index in [1.807, 2.05) is 17.8 Å². The zero-order valence-corrected chi connectivity index (χ0v) is 13.2. The van der Waals surface area contributed by atoms with E-state index in [1.165, 1.54) is 17.7 Å².